The molecule has 1 aliphatic rings. The molecule has 0 saturated carbocycles. The maximum absolute atomic E-state index is 13.8. The first-order valence-corrected chi connectivity index (χ1v) is 13.2. The van der Waals surface area contributed by atoms with E-state index < -0.39 is 30.0 Å². The Bertz CT molecular complexity index is 1580. The molecule has 1 fully saturated rings. The molecule has 1 saturated heterocycles. The average molecular weight is 576 g/mol. The molecular weight excluding hydrogens is 541 g/mol. The Balaban J connectivity index is 0.000000208. The van der Waals surface area contributed by atoms with Gasteiger partial charge in [0.2, 0.25) is 0 Å². The largest absolute Gasteiger partial charge is 0.494 e. The van der Waals surface area contributed by atoms with Crippen molar-refractivity contribution < 1.29 is 27.6 Å². The van der Waals surface area contributed by atoms with Crippen molar-refractivity contribution in [3.05, 3.63) is 78.5 Å². The van der Waals surface area contributed by atoms with Crippen LogP contribution in [0.4, 0.5) is 26.0 Å². The number of aromatic nitrogens is 1. The van der Waals surface area contributed by atoms with E-state index in [2.05, 4.69) is 4.98 Å². The second kappa shape index (κ2) is 11.9. The van der Waals surface area contributed by atoms with Crippen LogP contribution in [0.5, 0.6) is 11.5 Å². The normalized spacial score (nSPS) is 15.1. The topological polar surface area (TPSA) is 128 Å². The number of anilines is 3. The zero-order valence-electron chi connectivity index (χ0n) is 24.5. The van der Waals surface area contributed by atoms with Gasteiger partial charge in [0.25, 0.3) is 0 Å². The van der Waals surface area contributed by atoms with Gasteiger partial charge in [0.1, 0.15) is 17.5 Å². The molecule has 1 aromatic heterocycles. The number of rotatable bonds is 5. The molecule has 8 nitrogen and oxygen atoms in total. The molecular formula is C31H35BF2N4O4. The van der Waals surface area contributed by atoms with Crippen molar-refractivity contribution in [1.29, 1.82) is 0 Å². The number of methoxy groups -OCH3 is 2. The van der Waals surface area contributed by atoms with Gasteiger partial charge in [0, 0.05) is 17.3 Å². The third kappa shape index (κ3) is 6.27. The number of hydrogen-bond acceptors (Lipinski definition) is 8. The third-order valence-corrected chi connectivity index (χ3v) is 7.50. The van der Waals surface area contributed by atoms with E-state index in [-0.39, 0.29) is 11.4 Å². The van der Waals surface area contributed by atoms with Crippen LogP contribution in [-0.4, -0.2) is 37.5 Å². The second-order valence-corrected chi connectivity index (χ2v) is 10.8. The summed E-state index contributed by atoms with van der Waals surface area (Å²) in [6.07, 6.45) is 1.66. The molecule has 0 unspecified atom stereocenters. The first-order valence-electron chi connectivity index (χ1n) is 13.2. The summed E-state index contributed by atoms with van der Waals surface area (Å²) in [7, 11) is 2.61. The monoisotopic (exact) mass is 576 g/mol. The smallest absolute Gasteiger partial charge is 0.493 e. The lowest BCUT2D eigenvalue weighted by Crippen LogP contribution is -2.41. The van der Waals surface area contributed by atoms with Gasteiger partial charge >= 0.3 is 7.12 Å². The Kier molecular flexibility index (Phi) is 8.65. The van der Waals surface area contributed by atoms with Gasteiger partial charge in [-0.25, -0.2) is 13.8 Å². The molecule has 2 heterocycles. The van der Waals surface area contributed by atoms with E-state index in [4.69, 9.17) is 36.0 Å². The zero-order chi connectivity index (χ0) is 30.8. The maximum atomic E-state index is 13.8. The fourth-order valence-electron chi connectivity index (χ4n) is 4.24. The minimum Gasteiger partial charge on any atom is -0.493 e. The number of halogens is 2. The SMILES string of the molecule is CC1(C)OB(c2ccc(N)c(F)c2)OC1(C)C.COc1ccc(-c2cnc(N)c(-c3ccc(N)c(F)c3)c2)cc1OC. The molecule has 220 valence electrons. The molecule has 1 aliphatic heterocycles. The molecule has 4 aromatic rings. The van der Waals surface area contributed by atoms with Gasteiger partial charge in [-0.05, 0) is 86.7 Å². The first-order chi connectivity index (χ1) is 19.8. The Morgan fingerprint density at radius 2 is 1.26 bits per heavy atom. The van der Waals surface area contributed by atoms with Crippen molar-refractivity contribution in [2.45, 2.75) is 38.9 Å². The summed E-state index contributed by atoms with van der Waals surface area (Å²) in [4.78, 5) is 4.23. The summed E-state index contributed by atoms with van der Waals surface area (Å²) in [5.41, 5.74) is 19.9. The van der Waals surface area contributed by atoms with Crippen molar-refractivity contribution in [3.63, 3.8) is 0 Å². The number of pyridine rings is 1. The van der Waals surface area contributed by atoms with Crippen LogP contribution >= 0.6 is 0 Å². The Morgan fingerprint density at radius 3 is 1.83 bits per heavy atom. The Labute approximate surface area is 244 Å². The van der Waals surface area contributed by atoms with E-state index >= 15 is 0 Å². The van der Waals surface area contributed by atoms with Gasteiger partial charge in [-0.3, -0.25) is 0 Å². The van der Waals surface area contributed by atoms with Gasteiger partial charge in [0.05, 0.1) is 36.8 Å². The summed E-state index contributed by atoms with van der Waals surface area (Å²) >= 11 is 0. The summed E-state index contributed by atoms with van der Waals surface area (Å²) in [5, 5.41) is 0. The van der Waals surface area contributed by atoms with Crippen molar-refractivity contribution in [2.75, 3.05) is 31.4 Å². The van der Waals surface area contributed by atoms with Gasteiger partial charge in [0.15, 0.2) is 11.5 Å². The summed E-state index contributed by atoms with van der Waals surface area (Å²) < 4.78 is 49.4. The lowest BCUT2D eigenvalue weighted by Gasteiger charge is -2.32. The number of nitrogen functional groups attached to an aromatic ring is 3. The number of benzene rings is 3. The molecule has 42 heavy (non-hydrogen) atoms. The lowest BCUT2D eigenvalue weighted by molar-refractivity contribution is 0.00578. The Morgan fingerprint density at radius 1 is 0.690 bits per heavy atom. The zero-order valence-corrected chi connectivity index (χ0v) is 24.5. The van der Waals surface area contributed by atoms with E-state index in [1.54, 1.807) is 32.5 Å². The van der Waals surface area contributed by atoms with Gasteiger partial charge in [-0.2, -0.15) is 0 Å². The number of nitrogens with two attached hydrogens (primary N) is 3. The van der Waals surface area contributed by atoms with E-state index in [0.717, 1.165) is 11.1 Å². The van der Waals surface area contributed by atoms with Crippen LogP contribution in [0, 0.1) is 11.6 Å². The number of ether oxygens (including phenoxy) is 2. The summed E-state index contributed by atoms with van der Waals surface area (Å²) in [5.74, 6) is 0.617. The van der Waals surface area contributed by atoms with E-state index in [9.17, 15) is 8.78 Å². The average Bonchev–Trinajstić information content (AvgIpc) is 3.18. The first kappa shape index (κ1) is 30.6. The van der Waals surface area contributed by atoms with E-state index in [1.165, 1.54) is 24.3 Å². The third-order valence-electron chi connectivity index (χ3n) is 7.50. The minimum atomic E-state index is -0.546. The highest BCUT2D eigenvalue weighted by atomic mass is 19.1. The molecule has 0 spiro atoms. The predicted octanol–water partition coefficient (Wildman–Crippen LogP) is 5.44. The quantitative estimate of drug-likeness (QED) is 0.212. The van der Waals surface area contributed by atoms with Gasteiger partial charge in [-0.1, -0.05) is 18.2 Å². The van der Waals surface area contributed by atoms with Gasteiger partial charge in [-0.15, -0.1) is 0 Å². The lowest BCUT2D eigenvalue weighted by atomic mass is 9.79. The standard InChI is InChI=1S/C19H18FN3O2.C12H17BFNO2/c1-24-17-6-4-11(9-18(17)25-2)13-7-14(19(22)23-10-13)12-3-5-16(21)15(20)8-12;1-11(2)12(3,4)17-13(16-11)8-5-6-10(15)9(14)7-8/h3-10H,21H2,1-2H3,(H2,22,23);5-7H,15H2,1-4H3. The maximum Gasteiger partial charge on any atom is 0.494 e. The van der Waals surface area contributed by atoms with Crippen LogP contribution in [0.1, 0.15) is 27.7 Å². The predicted molar refractivity (Wildman–Crippen MR) is 164 cm³/mol. The molecule has 0 atom stereocenters. The molecule has 6 N–H and O–H groups in total. The van der Waals surface area contributed by atoms with Crippen molar-refractivity contribution >= 4 is 29.8 Å². The highest BCUT2D eigenvalue weighted by Crippen LogP contribution is 2.37. The van der Waals surface area contributed by atoms with Crippen LogP contribution in [-0.2, 0) is 9.31 Å². The molecule has 0 bridgehead atoms. The van der Waals surface area contributed by atoms with Crippen molar-refractivity contribution in [2.24, 2.45) is 0 Å². The van der Waals surface area contributed by atoms with Crippen molar-refractivity contribution in [3.8, 4) is 33.8 Å². The number of hydrogen-bond donors (Lipinski definition) is 3. The molecule has 3 aromatic carbocycles. The molecule has 11 heteroatoms. The van der Waals surface area contributed by atoms with Gasteiger partial charge < -0.3 is 36.0 Å². The summed E-state index contributed by atoms with van der Waals surface area (Å²) in [6.45, 7) is 7.84. The number of nitrogens with zero attached hydrogens (tertiary/aromatic N) is 1. The van der Waals surface area contributed by atoms with Crippen LogP contribution in [0.15, 0.2) is 66.9 Å². The van der Waals surface area contributed by atoms with E-state index in [1.807, 2.05) is 52.0 Å². The highest BCUT2D eigenvalue weighted by Gasteiger charge is 2.51. The Hall–Kier alpha value is -4.35. The van der Waals surface area contributed by atoms with Crippen molar-refractivity contribution in [1.82, 2.24) is 4.98 Å². The fourth-order valence-corrected chi connectivity index (χ4v) is 4.24. The molecule has 5 rings (SSSR count). The summed E-state index contributed by atoms with van der Waals surface area (Å²) in [6, 6.07) is 16.6. The van der Waals surface area contributed by atoms with Crippen LogP contribution in [0.3, 0.4) is 0 Å². The van der Waals surface area contributed by atoms with Crippen LogP contribution < -0.4 is 32.1 Å². The molecule has 0 aliphatic carbocycles. The molecule has 0 amide bonds. The highest BCUT2D eigenvalue weighted by molar-refractivity contribution is 6.62. The minimum absolute atomic E-state index is 0.0892. The van der Waals surface area contributed by atoms with Crippen LogP contribution in [0.25, 0.3) is 22.3 Å². The van der Waals surface area contributed by atoms with E-state index in [0.29, 0.717) is 33.9 Å². The fraction of sp³-hybridized carbons (Fsp3) is 0.258. The second-order valence-electron chi connectivity index (χ2n) is 10.8. The molecule has 0 radical (unpaired) electrons. The van der Waals surface area contributed by atoms with Crippen LogP contribution in [0.2, 0.25) is 0 Å².